The first-order valence-electron chi connectivity index (χ1n) is 9.05. The number of piperidine rings is 1. The van der Waals surface area contributed by atoms with Gasteiger partial charge in [0.2, 0.25) is 0 Å². The molecule has 0 aliphatic carbocycles. The summed E-state index contributed by atoms with van der Waals surface area (Å²) < 4.78 is 2.05. The zero-order valence-corrected chi connectivity index (χ0v) is 15.4. The zero-order valence-electron chi connectivity index (χ0n) is 14.6. The van der Waals surface area contributed by atoms with Crippen LogP contribution >= 0.6 is 11.3 Å². The average molecular weight is 367 g/mol. The topological polar surface area (TPSA) is 77.0 Å². The largest absolute Gasteiger partial charge is 0.364 e. The highest BCUT2D eigenvalue weighted by Crippen LogP contribution is 2.41. The number of amides is 1. The van der Waals surface area contributed by atoms with E-state index in [0.29, 0.717) is 23.8 Å². The number of thiazole rings is 1. The van der Waals surface area contributed by atoms with E-state index < -0.39 is 5.91 Å². The van der Waals surface area contributed by atoms with Crippen molar-refractivity contribution in [2.75, 3.05) is 7.05 Å². The molecule has 2 N–H and O–H groups in total. The van der Waals surface area contributed by atoms with Gasteiger partial charge in [-0.15, -0.1) is 11.3 Å². The second kappa shape index (κ2) is 5.89. The van der Waals surface area contributed by atoms with Gasteiger partial charge in [0.15, 0.2) is 5.69 Å². The van der Waals surface area contributed by atoms with Crippen molar-refractivity contribution >= 4 is 28.1 Å². The smallest absolute Gasteiger partial charge is 0.269 e. The lowest BCUT2D eigenvalue weighted by molar-refractivity contribution is 0.0993. The Morgan fingerprint density at radius 2 is 2.00 bits per heavy atom. The average Bonchev–Trinajstić information content (AvgIpc) is 3.32. The fourth-order valence-corrected chi connectivity index (χ4v) is 5.32. The van der Waals surface area contributed by atoms with Gasteiger partial charge in [-0.25, -0.2) is 4.98 Å². The molecule has 2 fully saturated rings. The van der Waals surface area contributed by atoms with E-state index in [9.17, 15) is 4.79 Å². The molecule has 0 radical (unpaired) electrons. The van der Waals surface area contributed by atoms with E-state index >= 15 is 0 Å². The minimum atomic E-state index is -0.471. The number of hydrogen-bond acceptors (Lipinski definition) is 5. The number of aromatic nitrogens is 3. The predicted octanol–water partition coefficient (Wildman–Crippen LogP) is 3.06. The van der Waals surface area contributed by atoms with Crippen LogP contribution in [-0.2, 0) is 0 Å². The number of nitrogens with zero attached hydrogens (tertiary/aromatic N) is 4. The lowest BCUT2D eigenvalue weighted by atomic mass is 9.98. The molecule has 2 saturated heterocycles. The fourth-order valence-electron chi connectivity index (χ4n) is 4.68. The Kier molecular flexibility index (Phi) is 3.62. The van der Waals surface area contributed by atoms with E-state index in [1.54, 1.807) is 17.5 Å². The summed E-state index contributed by atoms with van der Waals surface area (Å²) in [5, 5.41) is 8.38. The quantitative estimate of drug-likeness (QED) is 0.772. The maximum atomic E-state index is 12.0. The van der Waals surface area contributed by atoms with E-state index in [-0.39, 0.29) is 0 Å². The molecular weight excluding hydrogens is 346 g/mol. The number of carbonyl (C=O) groups is 1. The first-order chi connectivity index (χ1) is 12.6. The van der Waals surface area contributed by atoms with Gasteiger partial charge >= 0.3 is 0 Å². The van der Waals surface area contributed by atoms with Gasteiger partial charge in [0.25, 0.3) is 5.91 Å². The van der Waals surface area contributed by atoms with E-state index in [4.69, 9.17) is 5.73 Å². The molecule has 2 unspecified atom stereocenters. The second-order valence-electron chi connectivity index (χ2n) is 7.40. The molecule has 3 aromatic rings. The molecule has 1 amide bonds. The second-order valence-corrected chi connectivity index (χ2v) is 8.30. The molecular formula is C19H21N5OS. The van der Waals surface area contributed by atoms with Gasteiger partial charge < -0.3 is 10.6 Å². The third-order valence-electron chi connectivity index (χ3n) is 6.04. The molecule has 134 valence electrons. The molecule has 2 aromatic heterocycles. The van der Waals surface area contributed by atoms with Gasteiger partial charge in [0.1, 0.15) is 5.01 Å². The van der Waals surface area contributed by atoms with E-state index in [1.807, 2.05) is 11.4 Å². The Balaban J connectivity index is 1.61. The molecule has 0 spiro atoms. The fraction of sp³-hybridized carbons (Fsp3) is 0.421. The van der Waals surface area contributed by atoms with E-state index in [0.717, 1.165) is 34.3 Å². The molecule has 1 aromatic carbocycles. The van der Waals surface area contributed by atoms with Crippen LogP contribution < -0.4 is 5.73 Å². The summed E-state index contributed by atoms with van der Waals surface area (Å²) in [7, 11) is 2.23. The normalized spacial score (nSPS) is 25.8. The molecule has 7 heteroatoms. The molecule has 2 bridgehead atoms. The summed E-state index contributed by atoms with van der Waals surface area (Å²) in [6, 6.07) is 7.68. The van der Waals surface area contributed by atoms with Crippen molar-refractivity contribution in [1.82, 2.24) is 19.7 Å². The van der Waals surface area contributed by atoms with Crippen LogP contribution in [0.25, 0.3) is 21.5 Å². The molecule has 0 saturated carbocycles. The minimum Gasteiger partial charge on any atom is -0.364 e. The van der Waals surface area contributed by atoms with Gasteiger partial charge in [0.05, 0.1) is 11.6 Å². The summed E-state index contributed by atoms with van der Waals surface area (Å²) in [6.45, 7) is 0. The van der Waals surface area contributed by atoms with Crippen molar-refractivity contribution in [3.63, 3.8) is 0 Å². The lowest BCUT2D eigenvalue weighted by Crippen LogP contribution is -2.40. The van der Waals surface area contributed by atoms with Gasteiger partial charge in [-0.3, -0.25) is 9.48 Å². The summed E-state index contributed by atoms with van der Waals surface area (Å²) in [5.74, 6) is -0.471. The first kappa shape index (κ1) is 16.0. The summed E-state index contributed by atoms with van der Waals surface area (Å²) in [4.78, 5) is 18.9. The maximum Gasteiger partial charge on any atom is 0.269 e. The molecule has 5 rings (SSSR count). The highest BCUT2D eigenvalue weighted by Gasteiger charge is 2.40. The Morgan fingerprint density at radius 1 is 1.23 bits per heavy atom. The number of carbonyl (C=O) groups excluding carboxylic acids is 1. The van der Waals surface area contributed by atoms with Crippen LogP contribution in [0.3, 0.4) is 0 Å². The van der Waals surface area contributed by atoms with E-state index in [1.165, 1.54) is 12.8 Å². The van der Waals surface area contributed by atoms with Crippen LogP contribution in [0.4, 0.5) is 0 Å². The summed E-state index contributed by atoms with van der Waals surface area (Å²) >= 11 is 1.58. The highest BCUT2D eigenvalue weighted by molar-refractivity contribution is 7.13. The zero-order chi connectivity index (χ0) is 17.8. The predicted molar refractivity (Wildman–Crippen MR) is 102 cm³/mol. The number of benzene rings is 1. The molecule has 2 atom stereocenters. The van der Waals surface area contributed by atoms with Crippen LogP contribution in [0.1, 0.15) is 42.2 Å². The van der Waals surface area contributed by atoms with Crippen molar-refractivity contribution in [2.45, 2.75) is 43.8 Å². The Labute approximate surface area is 155 Å². The van der Waals surface area contributed by atoms with Crippen molar-refractivity contribution in [2.24, 2.45) is 5.73 Å². The van der Waals surface area contributed by atoms with Gasteiger partial charge in [-0.2, -0.15) is 5.10 Å². The van der Waals surface area contributed by atoms with Gasteiger partial charge in [-0.05, 0) is 50.9 Å². The number of primary amides is 1. The minimum absolute atomic E-state index is 0.324. The Bertz CT molecular complexity index is 965. The van der Waals surface area contributed by atoms with Crippen molar-refractivity contribution in [3.05, 3.63) is 35.5 Å². The molecule has 2 aliphatic rings. The lowest BCUT2D eigenvalue weighted by Gasteiger charge is -2.36. The van der Waals surface area contributed by atoms with Crippen LogP contribution in [0.5, 0.6) is 0 Å². The highest BCUT2D eigenvalue weighted by atomic mass is 32.1. The van der Waals surface area contributed by atoms with Crippen molar-refractivity contribution in [1.29, 1.82) is 0 Å². The number of hydrogen-bond donors (Lipinski definition) is 1. The number of fused-ring (bicyclic) bond motifs is 3. The first-order valence-corrected chi connectivity index (χ1v) is 9.93. The van der Waals surface area contributed by atoms with Gasteiger partial charge in [0, 0.05) is 34.6 Å². The Hall–Kier alpha value is -2.25. The molecule has 2 aliphatic heterocycles. The number of rotatable bonds is 3. The third-order valence-corrected chi connectivity index (χ3v) is 6.86. The van der Waals surface area contributed by atoms with Crippen molar-refractivity contribution in [3.8, 4) is 10.6 Å². The standard InChI is InChI=1S/C19H21N5OS/c1-23-12-3-4-13(23)10-14(9-12)24-16-5-2-11(19-21-6-7-26-19)8-15(16)17(22-24)18(20)25/h2,5-8,12-14H,3-4,9-10H2,1H3,(H2,20,25). The summed E-state index contributed by atoms with van der Waals surface area (Å²) in [6.07, 6.45) is 6.46. The van der Waals surface area contributed by atoms with Gasteiger partial charge in [-0.1, -0.05) is 0 Å². The van der Waals surface area contributed by atoms with Crippen LogP contribution in [-0.4, -0.2) is 44.7 Å². The molecule has 6 nitrogen and oxygen atoms in total. The monoisotopic (exact) mass is 367 g/mol. The maximum absolute atomic E-state index is 12.0. The van der Waals surface area contributed by atoms with E-state index in [2.05, 4.69) is 38.8 Å². The molecule has 26 heavy (non-hydrogen) atoms. The number of nitrogens with two attached hydrogens (primary N) is 1. The van der Waals surface area contributed by atoms with Crippen molar-refractivity contribution < 1.29 is 4.79 Å². The third kappa shape index (κ3) is 2.38. The Morgan fingerprint density at radius 3 is 2.65 bits per heavy atom. The SMILES string of the molecule is CN1C2CCC1CC(n1nc(C(N)=O)c3cc(-c4nccs4)ccc31)C2. The summed E-state index contributed by atoms with van der Waals surface area (Å²) in [5.41, 5.74) is 8.00. The van der Waals surface area contributed by atoms with Crippen LogP contribution in [0.15, 0.2) is 29.8 Å². The molecule has 4 heterocycles. The van der Waals surface area contributed by atoms with Crippen LogP contribution in [0, 0.1) is 0 Å². The van der Waals surface area contributed by atoms with Crippen LogP contribution in [0.2, 0.25) is 0 Å².